The highest BCUT2D eigenvalue weighted by molar-refractivity contribution is 7.92. The van der Waals surface area contributed by atoms with Crippen LogP contribution in [0, 0.1) is 0 Å². The first-order valence-electron chi connectivity index (χ1n) is 11.3. The Balaban J connectivity index is 2.53. The van der Waals surface area contributed by atoms with Crippen molar-refractivity contribution in [1.29, 1.82) is 0 Å². The van der Waals surface area contributed by atoms with Gasteiger partial charge in [0, 0.05) is 33.2 Å². The molecule has 2 amide bonds. The number of carbonyl (C=O) groups excluding carboxylic acids is 2. The van der Waals surface area contributed by atoms with Crippen molar-refractivity contribution in [2.75, 3.05) is 17.1 Å². The monoisotopic (exact) mass is 595 g/mol. The molecule has 2 atom stereocenters. The molecule has 2 aromatic carbocycles. The second kappa shape index (κ2) is 13.2. The van der Waals surface area contributed by atoms with E-state index in [-0.39, 0.29) is 35.6 Å². The van der Waals surface area contributed by atoms with Crippen molar-refractivity contribution in [2.45, 2.75) is 52.2 Å². The van der Waals surface area contributed by atoms with E-state index in [0.29, 0.717) is 27.1 Å². The van der Waals surface area contributed by atoms with Crippen LogP contribution in [0.25, 0.3) is 0 Å². The number of nitrogens with zero attached hydrogens (tertiary/aromatic N) is 2. The van der Waals surface area contributed by atoms with Gasteiger partial charge in [-0.05, 0) is 50.1 Å². The first-order chi connectivity index (χ1) is 16.8. The number of carbonyl (C=O) groups is 2. The van der Waals surface area contributed by atoms with Gasteiger partial charge in [-0.1, -0.05) is 66.3 Å². The van der Waals surface area contributed by atoms with Crippen LogP contribution in [0.5, 0.6) is 0 Å². The number of halogens is 4. The first kappa shape index (κ1) is 30.5. The topological polar surface area (TPSA) is 86.8 Å². The SMILES string of the molecule is CC[C@@H](C)NC(=O)[C@@H](CC)N(Cc1c(Cl)cccc1Cl)C(=O)CN(c1ccc(Cl)cc1Cl)S(C)(=O)=O. The number of anilines is 1. The fourth-order valence-corrected chi connectivity index (χ4v) is 5.43. The third-order valence-electron chi connectivity index (χ3n) is 5.63. The summed E-state index contributed by atoms with van der Waals surface area (Å²) in [6.07, 6.45) is 1.94. The van der Waals surface area contributed by atoms with Gasteiger partial charge in [0.2, 0.25) is 21.8 Å². The maximum absolute atomic E-state index is 13.7. The van der Waals surface area contributed by atoms with Gasteiger partial charge in [-0.3, -0.25) is 13.9 Å². The summed E-state index contributed by atoms with van der Waals surface area (Å²) in [5.74, 6) is -0.993. The molecule has 0 aliphatic heterocycles. The summed E-state index contributed by atoms with van der Waals surface area (Å²) in [6.45, 7) is 4.85. The lowest BCUT2D eigenvalue weighted by molar-refractivity contribution is -0.140. The molecule has 0 unspecified atom stereocenters. The van der Waals surface area contributed by atoms with E-state index in [2.05, 4.69) is 5.32 Å². The summed E-state index contributed by atoms with van der Waals surface area (Å²) in [6, 6.07) is 8.18. The van der Waals surface area contributed by atoms with Crippen LogP contribution in [0.1, 0.15) is 39.2 Å². The summed E-state index contributed by atoms with van der Waals surface area (Å²) < 4.78 is 26.3. The summed E-state index contributed by atoms with van der Waals surface area (Å²) in [5.41, 5.74) is 0.532. The first-order valence-corrected chi connectivity index (χ1v) is 14.6. The summed E-state index contributed by atoms with van der Waals surface area (Å²) in [7, 11) is -3.94. The molecule has 0 saturated carbocycles. The molecule has 0 aliphatic carbocycles. The molecule has 7 nitrogen and oxygen atoms in total. The van der Waals surface area contributed by atoms with E-state index >= 15 is 0 Å². The van der Waals surface area contributed by atoms with Gasteiger partial charge in [0.1, 0.15) is 12.6 Å². The molecule has 36 heavy (non-hydrogen) atoms. The number of rotatable bonds is 11. The fraction of sp³-hybridized carbons (Fsp3) is 0.417. The lowest BCUT2D eigenvalue weighted by Crippen LogP contribution is -2.53. The second-order valence-electron chi connectivity index (χ2n) is 8.33. The van der Waals surface area contributed by atoms with E-state index in [9.17, 15) is 18.0 Å². The normalized spacial score (nSPS) is 13.1. The molecule has 2 aromatic rings. The Hall–Kier alpha value is -1.71. The van der Waals surface area contributed by atoms with Crippen LogP contribution in [-0.4, -0.2) is 50.0 Å². The van der Waals surface area contributed by atoms with Crippen LogP contribution in [0.2, 0.25) is 20.1 Å². The zero-order chi connectivity index (χ0) is 27.2. The Morgan fingerprint density at radius 3 is 2.08 bits per heavy atom. The fourth-order valence-electron chi connectivity index (χ4n) is 3.49. The highest BCUT2D eigenvalue weighted by atomic mass is 35.5. The Morgan fingerprint density at radius 1 is 0.972 bits per heavy atom. The highest BCUT2D eigenvalue weighted by Crippen LogP contribution is 2.31. The van der Waals surface area contributed by atoms with E-state index in [4.69, 9.17) is 46.4 Å². The van der Waals surface area contributed by atoms with Crippen LogP contribution < -0.4 is 9.62 Å². The molecule has 0 spiro atoms. The van der Waals surface area contributed by atoms with E-state index in [1.807, 2.05) is 13.8 Å². The van der Waals surface area contributed by atoms with Crippen LogP contribution >= 0.6 is 46.4 Å². The minimum atomic E-state index is -3.94. The number of hydrogen-bond donors (Lipinski definition) is 1. The minimum absolute atomic E-state index is 0.0583. The molecule has 0 aliphatic rings. The summed E-state index contributed by atoms with van der Waals surface area (Å²) in [5, 5.41) is 3.90. The molecule has 2 rings (SSSR count). The molecular formula is C24H29Cl4N3O4S. The highest BCUT2D eigenvalue weighted by Gasteiger charge is 2.33. The molecule has 0 bridgehead atoms. The minimum Gasteiger partial charge on any atom is -0.352 e. The van der Waals surface area contributed by atoms with E-state index in [1.54, 1.807) is 25.1 Å². The largest absolute Gasteiger partial charge is 0.352 e. The smallest absolute Gasteiger partial charge is 0.244 e. The lowest BCUT2D eigenvalue weighted by Gasteiger charge is -2.34. The average molecular weight is 597 g/mol. The van der Waals surface area contributed by atoms with Gasteiger partial charge in [-0.15, -0.1) is 0 Å². The van der Waals surface area contributed by atoms with Crippen LogP contribution in [-0.2, 0) is 26.2 Å². The third-order valence-corrected chi connectivity index (χ3v) is 8.01. The Kier molecular flexibility index (Phi) is 11.2. The maximum Gasteiger partial charge on any atom is 0.244 e. The van der Waals surface area contributed by atoms with Gasteiger partial charge in [0.25, 0.3) is 0 Å². The quantitative estimate of drug-likeness (QED) is 0.356. The van der Waals surface area contributed by atoms with Crippen molar-refractivity contribution < 1.29 is 18.0 Å². The van der Waals surface area contributed by atoms with Crippen molar-refractivity contribution in [2.24, 2.45) is 0 Å². The molecule has 1 N–H and O–H groups in total. The Morgan fingerprint density at radius 2 is 1.58 bits per heavy atom. The maximum atomic E-state index is 13.7. The standard InChI is InChI=1S/C24H29Cl4N3O4S/c1-5-15(3)29-24(33)21(6-2)30(13-17-18(26)8-7-9-19(17)27)23(32)14-31(36(4,34)35)22-11-10-16(25)12-20(22)28/h7-12,15,21H,5-6,13-14H2,1-4H3,(H,29,33)/t15-,21-/m1/s1. The van der Waals surface area contributed by atoms with Crippen molar-refractivity contribution >= 4 is 73.9 Å². The molecule has 12 heteroatoms. The lowest BCUT2D eigenvalue weighted by atomic mass is 10.1. The zero-order valence-corrected chi connectivity index (χ0v) is 24.2. The zero-order valence-electron chi connectivity index (χ0n) is 20.4. The molecule has 0 fully saturated rings. The summed E-state index contributed by atoms with van der Waals surface area (Å²) >= 11 is 25.0. The molecule has 0 radical (unpaired) electrons. The predicted octanol–water partition coefficient (Wildman–Crippen LogP) is 5.79. The van der Waals surface area contributed by atoms with Crippen molar-refractivity contribution in [3.8, 4) is 0 Å². The second-order valence-corrected chi connectivity index (χ2v) is 11.9. The van der Waals surface area contributed by atoms with Crippen LogP contribution in [0.15, 0.2) is 36.4 Å². The summed E-state index contributed by atoms with van der Waals surface area (Å²) in [4.78, 5) is 28.2. The number of hydrogen-bond acceptors (Lipinski definition) is 4. The molecule has 0 saturated heterocycles. The van der Waals surface area contributed by atoms with Gasteiger partial charge >= 0.3 is 0 Å². The Bertz CT molecular complexity index is 1190. The number of amides is 2. The van der Waals surface area contributed by atoms with Crippen molar-refractivity contribution in [3.63, 3.8) is 0 Å². The number of benzene rings is 2. The predicted molar refractivity (Wildman–Crippen MR) is 148 cm³/mol. The number of sulfonamides is 1. The average Bonchev–Trinajstić information content (AvgIpc) is 2.78. The Labute approximate surface area is 232 Å². The van der Waals surface area contributed by atoms with Crippen LogP contribution in [0.3, 0.4) is 0 Å². The van der Waals surface area contributed by atoms with Crippen molar-refractivity contribution in [1.82, 2.24) is 10.2 Å². The van der Waals surface area contributed by atoms with Crippen LogP contribution in [0.4, 0.5) is 5.69 Å². The number of nitrogens with one attached hydrogen (secondary N) is 1. The van der Waals surface area contributed by atoms with E-state index in [0.717, 1.165) is 10.6 Å². The van der Waals surface area contributed by atoms with Gasteiger partial charge in [-0.2, -0.15) is 0 Å². The third kappa shape index (κ3) is 7.89. The van der Waals surface area contributed by atoms with E-state index < -0.39 is 28.5 Å². The van der Waals surface area contributed by atoms with E-state index in [1.165, 1.54) is 23.1 Å². The molecular weight excluding hydrogens is 568 g/mol. The van der Waals surface area contributed by atoms with Gasteiger partial charge < -0.3 is 10.2 Å². The molecule has 198 valence electrons. The van der Waals surface area contributed by atoms with Gasteiger partial charge in [-0.25, -0.2) is 8.42 Å². The molecule has 0 heterocycles. The molecule has 0 aromatic heterocycles. The van der Waals surface area contributed by atoms with Gasteiger partial charge in [0.15, 0.2) is 0 Å². The van der Waals surface area contributed by atoms with Gasteiger partial charge in [0.05, 0.1) is 17.0 Å². The van der Waals surface area contributed by atoms with Crippen molar-refractivity contribution in [3.05, 3.63) is 62.1 Å².